The Morgan fingerprint density at radius 1 is 1.43 bits per heavy atom. The molecule has 74 valence electrons. The summed E-state index contributed by atoms with van der Waals surface area (Å²) in [6, 6.07) is 7.05. The zero-order valence-corrected chi connectivity index (χ0v) is 8.57. The maximum absolute atomic E-state index is 9.42. The third-order valence-electron chi connectivity index (χ3n) is 1.82. The zero-order chi connectivity index (χ0) is 10.4. The van der Waals surface area contributed by atoms with E-state index in [9.17, 15) is 5.11 Å². The van der Waals surface area contributed by atoms with E-state index in [-0.39, 0.29) is 5.75 Å². The molecule has 0 saturated heterocycles. The van der Waals surface area contributed by atoms with E-state index < -0.39 is 0 Å². The van der Waals surface area contributed by atoms with Gasteiger partial charge < -0.3 is 5.11 Å². The summed E-state index contributed by atoms with van der Waals surface area (Å²) < 4.78 is 0. The van der Waals surface area contributed by atoms with Crippen LogP contribution in [0.2, 0.25) is 0 Å². The van der Waals surface area contributed by atoms with E-state index in [1.54, 1.807) is 24.4 Å². The number of phenolic OH excluding ortho intramolecular Hbond substituents is 1. The third kappa shape index (κ3) is 3.05. The van der Waals surface area contributed by atoms with Crippen molar-refractivity contribution in [2.24, 2.45) is 4.99 Å². The first-order valence-corrected chi connectivity index (χ1v) is 4.73. The molecule has 0 aliphatic carbocycles. The van der Waals surface area contributed by atoms with Crippen LogP contribution in [-0.2, 0) is 0 Å². The summed E-state index contributed by atoms with van der Waals surface area (Å²) >= 11 is 0. The predicted octanol–water partition coefficient (Wildman–Crippen LogP) is 3.45. The van der Waals surface area contributed by atoms with Crippen LogP contribution in [0.25, 0.3) is 0 Å². The van der Waals surface area contributed by atoms with Crippen molar-refractivity contribution >= 4 is 11.9 Å². The minimum Gasteiger partial charge on any atom is -0.506 e. The SMILES string of the molecule is CCC=C(C)C=Nc1ccccc1O. The van der Waals surface area contributed by atoms with Gasteiger partial charge in [0.2, 0.25) is 0 Å². The average molecular weight is 189 g/mol. The molecular weight excluding hydrogens is 174 g/mol. The van der Waals surface area contributed by atoms with Crippen LogP contribution in [0.15, 0.2) is 40.9 Å². The molecule has 2 heteroatoms. The standard InChI is InChI=1S/C12H15NO/c1-3-6-10(2)9-13-11-7-4-5-8-12(11)14/h4-9,14H,3H2,1-2H3. The molecular formula is C12H15NO. The number of rotatable bonds is 3. The molecule has 0 fully saturated rings. The van der Waals surface area contributed by atoms with E-state index >= 15 is 0 Å². The van der Waals surface area contributed by atoms with Crippen LogP contribution in [0, 0.1) is 0 Å². The number of aliphatic imine (C=N–C) groups is 1. The van der Waals surface area contributed by atoms with E-state index in [0.29, 0.717) is 5.69 Å². The molecule has 0 aliphatic rings. The lowest BCUT2D eigenvalue weighted by Crippen LogP contribution is -1.76. The highest BCUT2D eigenvalue weighted by molar-refractivity contribution is 5.81. The molecule has 0 bridgehead atoms. The Morgan fingerprint density at radius 2 is 2.14 bits per heavy atom. The largest absolute Gasteiger partial charge is 0.506 e. The number of para-hydroxylation sites is 2. The summed E-state index contributed by atoms with van der Waals surface area (Å²) in [5.74, 6) is 0.216. The van der Waals surface area contributed by atoms with Crippen molar-refractivity contribution in [1.29, 1.82) is 0 Å². The minimum atomic E-state index is 0.216. The van der Waals surface area contributed by atoms with Crippen LogP contribution < -0.4 is 0 Å². The lowest BCUT2D eigenvalue weighted by molar-refractivity contribution is 0.477. The van der Waals surface area contributed by atoms with Gasteiger partial charge in [-0.3, -0.25) is 4.99 Å². The molecule has 14 heavy (non-hydrogen) atoms. The number of nitrogens with zero attached hydrogens (tertiary/aromatic N) is 1. The molecule has 2 nitrogen and oxygen atoms in total. The first-order chi connectivity index (χ1) is 6.74. The van der Waals surface area contributed by atoms with Gasteiger partial charge >= 0.3 is 0 Å². The van der Waals surface area contributed by atoms with Crippen molar-refractivity contribution in [3.05, 3.63) is 35.9 Å². The van der Waals surface area contributed by atoms with Crippen LogP contribution in [0.4, 0.5) is 5.69 Å². The summed E-state index contributed by atoms with van der Waals surface area (Å²) in [7, 11) is 0. The fourth-order valence-electron chi connectivity index (χ4n) is 1.12. The molecule has 1 aromatic carbocycles. The van der Waals surface area contributed by atoms with Gasteiger partial charge in [0, 0.05) is 6.21 Å². The van der Waals surface area contributed by atoms with Crippen molar-refractivity contribution in [2.45, 2.75) is 20.3 Å². The zero-order valence-electron chi connectivity index (χ0n) is 8.57. The van der Waals surface area contributed by atoms with E-state index in [4.69, 9.17) is 0 Å². The maximum Gasteiger partial charge on any atom is 0.141 e. The molecule has 0 aromatic heterocycles. The van der Waals surface area contributed by atoms with E-state index in [0.717, 1.165) is 12.0 Å². The Bertz CT molecular complexity index is 353. The lowest BCUT2D eigenvalue weighted by atomic mass is 10.2. The first kappa shape index (κ1) is 10.5. The van der Waals surface area contributed by atoms with Crippen LogP contribution in [0.1, 0.15) is 20.3 Å². The van der Waals surface area contributed by atoms with Crippen molar-refractivity contribution in [3.63, 3.8) is 0 Å². The summed E-state index contributed by atoms with van der Waals surface area (Å²) in [5, 5.41) is 9.42. The molecule has 0 spiro atoms. The number of hydrogen-bond donors (Lipinski definition) is 1. The Hall–Kier alpha value is -1.57. The van der Waals surface area contributed by atoms with Gasteiger partial charge in [0.25, 0.3) is 0 Å². The Balaban J connectivity index is 2.79. The molecule has 0 heterocycles. The number of benzene rings is 1. The summed E-state index contributed by atoms with van der Waals surface area (Å²) in [4.78, 5) is 4.18. The van der Waals surface area contributed by atoms with Gasteiger partial charge in [-0.05, 0) is 31.1 Å². The summed E-state index contributed by atoms with van der Waals surface area (Å²) in [6.45, 7) is 4.07. The van der Waals surface area contributed by atoms with Crippen LogP contribution in [-0.4, -0.2) is 11.3 Å². The monoisotopic (exact) mass is 189 g/mol. The molecule has 1 N–H and O–H groups in total. The van der Waals surface area contributed by atoms with Crippen molar-refractivity contribution in [1.82, 2.24) is 0 Å². The minimum absolute atomic E-state index is 0.216. The quantitative estimate of drug-likeness (QED) is 0.726. The first-order valence-electron chi connectivity index (χ1n) is 4.73. The van der Waals surface area contributed by atoms with E-state index in [1.165, 1.54) is 0 Å². The van der Waals surface area contributed by atoms with Crippen LogP contribution in [0.3, 0.4) is 0 Å². The van der Waals surface area contributed by atoms with Crippen LogP contribution >= 0.6 is 0 Å². The number of phenols is 1. The highest BCUT2D eigenvalue weighted by Gasteiger charge is 1.94. The van der Waals surface area contributed by atoms with Gasteiger partial charge in [-0.15, -0.1) is 0 Å². The number of hydrogen-bond acceptors (Lipinski definition) is 2. The molecule has 0 atom stereocenters. The Morgan fingerprint density at radius 3 is 2.79 bits per heavy atom. The maximum atomic E-state index is 9.42. The molecule has 0 saturated carbocycles. The average Bonchev–Trinajstić information content (AvgIpc) is 2.17. The number of allylic oxidation sites excluding steroid dienone is 2. The lowest BCUT2D eigenvalue weighted by Gasteiger charge is -1.96. The van der Waals surface area contributed by atoms with Gasteiger partial charge in [-0.1, -0.05) is 25.1 Å². The molecule has 0 unspecified atom stereocenters. The van der Waals surface area contributed by atoms with Crippen LogP contribution in [0.5, 0.6) is 5.75 Å². The number of aromatic hydroxyl groups is 1. The third-order valence-corrected chi connectivity index (χ3v) is 1.82. The van der Waals surface area contributed by atoms with Crippen molar-refractivity contribution < 1.29 is 5.11 Å². The Labute approximate surface area is 84.6 Å². The molecule has 0 amide bonds. The fourth-order valence-corrected chi connectivity index (χ4v) is 1.12. The highest BCUT2D eigenvalue weighted by atomic mass is 16.3. The predicted molar refractivity (Wildman–Crippen MR) is 60.3 cm³/mol. The second-order valence-corrected chi connectivity index (χ2v) is 3.10. The second-order valence-electron chi connectivity index (χ2n) is 3.10. The smallest absolute Gasteiger partial charge is 0.141 e. The second kappa shape index (κ2) is 5.22. The molecule has 0 radical (unpaired) electrons. The fraction of sp³-hybridized carbons (Fsp3) is 0.250. The molecule has 1 aromatic rings. The van der Waals surface area contributed by atoms with Crippen molar-refractivity contribution in [2.75, 3.05) is 0 Å². The topological polar surface area (TPSA) is 32.6 Å². The van der Waals surface area contributed by atoms with Gasteiger partial charge in [0.15, 0.2) is 0 Å². The van der Waals surface area contributed by atoms with Crippen molar-refractivity contribution in [3.8, 4) is 5.75 Å². The van der Waals surface area contributed by atoms with Gasteiger partial charge in [0.05, 0.1) is 0 Å². The van der Waals surface area contributed by atoms with Gasteiger partial charge in [0.1, 0.15) is 11.4 Å². The van der Waals surface area contributed by atoms with E-state index in [2.05, 4.69) is 18.0 Å². The molecule has 0 aliphatic heterocycles. The molecule has 1 rings (SSSR count). The van der Waals surface area contributed by atoms with Gasteiger partial charge in [-0.2, -0.15) is 0 Å². The highest BCUT2D eigenvalue weighted by Crippen LogP contribution is 2.24. The Kier molecular flexibility index (Phi) is 3.92. The normalized spacial score (nSPS) is 12.3. The summed E-state index contributed by atoms with van der Waals surface area (Å²) in [6.07, 6.45) is 4.85. The van der Waals surface area contributed by atoms with Gasteiger partial charge in [-0.25, -0.2) is 0 Å². The van der Waals surface area contributed by atoms with E-state index in [1.807, 2.05) is 13.0 Å². The summed E-state index contributed by atoms with van der Waals surface area (Å²) in [5.41, 5.74) is 1.71.